The molecule has 4 amide bonds. The van der Waals surface area contributed by atoms with Gasteiger partial charge in [0.05, 0.1) is 12.5 Å². The Hall–Kier alpha value is -2.87. The second-order valence-electron chi connectivity index (χ2n) is 7.68. The summed E-state index contributed by atoms with van der Waals surface area (Å²) in [4.78, 5) is 70.8. The van der Waals surface area contributed by atoms with Crippen LogP contribution in [0, 0.1) is 5.92 Å². The Morgan fingerprint density at radius 3 is 1.91 bits per heavy atom. The molecule has 0 spiro atoms. The minimum Gasteiger partial charge on any atom is -0.481 e. The molecule has 0 saturated heterocycles. The average Bonchev–Trinajstić information content (AvgIpc) is 2.70. The number of nitrogens with one attached hydrogen (secondary N) is 3. The molecule has 14 heteroatoms. The average molecular weight is 492 g/mol. The molecule has 188 valence electrons. The third kappa shape index (κ3) is 12.1. The van der Waals surface area contributed by atoms with Crippen molar-refractivity contribution in [3.8, 4) is 0 Å². The molecule has 0 aliphatic rings. The summed E-state index contributed by atoms with van der Waals surface area (Å²) in [5.41, 5.74) is 10.6. The summed E-state index contributed by atoms with van der Waals surface area (Å²) in [5, 5.41) is 25.3. The van der Waals surface area contributed by atoms with Gasteiger partial charge in [-0.25, -0.2) is 4.79 Å². The standard InChI is InChI=1S/C19H33N5O8S/c1-9(2)15(18(30)23-12(19(31)32)4-5-13(21)25)24-17(29)11(6-7-33-3)22-16(28)10(20)8-14(26)27/h9-12,15H,4-8,20H2,1-3H3,(H2,21,25)(H,22,28)(H,23,30)(H,24,29)(H,26,27)(H,31,32). The van der Waals surface area contributed by atoms with E-state index in [0.717, 1.165) is 0 Å². The smallest absolute Gasteiger partial charge is 0.326 e. The lowest BCUT2D eigenvalue weighted by atomic mass is 10.0. The molecule has 33 heavy (non-hydrogen) atoms. The molecule has 9 N–H and O–H groups in total. The number of primary amides is 1. The normalized spacial score (nSPS) is 14.5. The topological polar surface area (TPSA) is 231 Å². The number of nitrogens with two attached hydrogens (primary N) is 2. The predicted molar refractivity (Wildman–Crippen MR) is 120 cm³/mol. The van der Waals surface area contributed by atoms with Crippen molar-refractivity contribution in [2.24, 2.45) is 17.4 Å². The van der Waals surface area contributed by atoms with Crippen LogP contribution in [0.3, 0.4) is 0 Å². The van der Waals surface area contributed by atoms with Crippen molar-refractivity contribution in [3.63, 3.8) is 0 Å². The molecule has 0 bridgehead atoms. The van der Waals surface area contributed by atoms with Crippen LogP contribution in [0.5, 0.6) is 0 Å². The Labute approximate surface area is 195 Å². The van der Waals surface area contributed by atoms with Crippen LogP contribution < -0.4 is 27.4 Å². The first-order valence-corrected chi connectivity index (χ1v) is 11.6. The Morgan fingerprint density at radius 1 is 0.879 bits per heavy atom. The van der Waals surface area contributed by atoms with Crippen LogP contribution in [-0.4, -0.2) is 82.0 Å². The highest BCUT2D eigenvalue weighted by molar-refractivity contribution is 7.98. The summed E-state index contributed by atoms with van der Waals surface area (Å²) >= 11 is 1.41. The molecule has 0 aromatic rings. The predicted octanol–water partition coefficient (Wildman–Crippen LogP) is -2.00. The van der Waals surface area contributed by atoms with Crippen molar-refractivity contribution in [1.29, 1.82) is 0 Å². The van der Waals surface area contributed by atoms with Crippen molar-refractivity contribution in [2.75, 3.05) is 12.0 Å². The van der Waals surface area contributed by atoms with Gasteiger partial charge >= 0.3 is 11.9 Å². The lowest BCUT2D eigenvalue weighted by Crippen LogP contribution is -2.58. The third-order valence-corrected chi connectivity index (χ3v) is 5.16. The lowest BCUT2D eigenvalue weighted by Gasteiger charge is -2.27. The summed E-state index contributed by atoms with van der Waals surface area (Å²) in [7, 11) is 0. The van der Waals surface area contributed by atoms with E-state index in [4.69, 9.17) is 16.6 Å². The van der Waals surface area contributed by atoms with Crippen molar-refractivity contribution in [1.82, 2.24) is 16.0 Å². The quantitative estimate of drug-likeness (QED) is 0.125. The second kappa shape index (κ2) is 15.1. The van der Waals surface area contributed by atoms with Crippen molar-refractivity contribution >= 4 is 47.3 Å². The maximum atomic E-state index is 12.8. The Balaban J connectivity index is 5.39. The Kier molecular flexibility index (Phi) is 13.7. The van der Waals surface area contributed by atoms with Crippen LogP contribution in [0.2, 0.25) is 0 Å². The number of carbonyl (C=O) groups excluding carboxylic acids is 4. The van der Waals surface area contributed by atoms with Crippen LogP contribution in [0.1, 0.15) is 39.5 Å². The van der Waals surface area contributed by atoms with Gasteiger partial charge in [-0.1, -0.05) is 13.8 Å². The second-order valence-corrected chi connectivity index (χ2v) is 8.67. The number of aliphatic carboxylic acids is 2. The fourth-order valence-electron chi connectivity index (χ4n) is 2.66. The molecule has 13 nitrogen and oxygen atoms in total. The van der Waals surface area contributed by atoms with Crippen molar-refractivity contribution < 1.29 is 39.0 Å². The minimum absolute atomic E-state index is 0.182. The zero-order valence-corrected chi connectivity index (χ0v) is 19.6. The molecule has 0 radical (unpaired) electrons. The summed E-state index contributed by atoms with van der Waals surface area (Å²) in [6, 6.07) is -4.99. The highest BCUT2D eigenvalue weighted by atomic mass is 32.2. The highest BCUT2D eigenvalue weighted by Crippen LogP contribution is 2.08. The van der Waals surface area contributed by atoms with Crippen LogP contribution >= 0.6 is 11.8 Å². The number of hydrogen-bond donors (Lipinski definition) is 7. The van der Waals surface area contributed by atoms with E-state index in [1.807, 2.05) is 0 Å². The number of carboxylic acid groups (broad SMARTS) is 2. The summed E-state index contributed by atoms with van der Waals surface area (Å²) in [6.45, 7) is 3.25. The van der Waals surface area contributed by atoms with Crippen LogP contribution in [0.25, 0.3) is 0 Å². The van der Waals surface area contributed by atoms with E-state index in [2.05, 4.69) is 16.0 Å². The van der Waals surface area contributed by atoms with Crippen LogP contribution in [0.15, 0.2) is 0 Å². The van der Waals surface area contributed by atoms with Gasteiger partial charge in [-0.2, -0.15) is 11.8 Å². The van der Waals surface area contributed by atoms with Gasteiger partial charge < -0.3 is 37.6 Å². The van der Waals surface area contributed by atoms with E-state index < -0.39 is 72.1 Å². The number of thioether (sulfide) groups is 1. The van der Waals surface area contributed by atoms with E-state index >= 15 is 0 Å². The van der Waals surface area contributed by atoms with E-state index in [0.29, 0.717) is 5.75 Å². The molecule has 0 saturated carbocycles. The van der Waals surface area contributed by atoms with Crippen LogP contribution in [-0.2, 0) is 28.8 Å². The SMILES string of the molecule is CSCCC(NC(=O)C(N)CC(=O)O)C(=O)NC(C(=O)NC(CCC(N)=O)C(=O)O)C(C)C. The maximum absolute atomic E-state index is 12.8. The molecule has 4 atom stereocenters. The fourth-order valence-corrected chi connectivity index (χ4v) is 3.13. The number of rotatable bonds is 16. The molecule has 4 unspecified atom stereocenters. The van der Waals surface area contributed by atoms with E-state index in [1.165, 1.54) is 11.8 Å². The van der Waals surface area contributed by atoms with E-state index in [9.17, 15) is 33.9 Å². The molecular weight excluding hydrogens is 458 g/mol. The first-order chi connectivity index (χ1) is 15.3. The first-order valence-electron chi connectivity index (χ1n) is 10.2. The van der Waals surface area contributed by atoms with Crippen molar-refractivity contribution in [3.05, 3.63) is 0 Å². The zero-order valence-electron chi connectivity index (χ0n) is 18.8. The van der Waals surface area contributed by atoms with Gasteiger partial charge in [0.1, 0.15) is 18.1 Å². The van der Waals surface area contributed by atoms with Gasteiger partial charge in [0, 0.05) is 6.42 Å². The number of amides is 4. The Morgan fingerprint density at radius 2 is 1.45 bits per heavy atom. The van der Waals surface area contributed by atoms with Gasteiger partial charge in [0.25, 0.3) is 0 Å². The van der Waals surface area contributed by atoms with Gasteiger partial charge in [0.2, 0.25) is 23.6 Å². The third-order valence-electron chi connectivity index (χ3n) is 4.52. The van der Waals surface area contributed by atoms with Crippen LogP contribution in [0.4, 0.5) is 0 Å². The summed E-state index contributed by atoms with van der Waals surface area (Å²) < 4.78 is 0. The molecule has 0 aromatic carbocycles. The molecule has 0 heterocycles. The van der Waals surface area contributed by atoms with Crippen molar-refractivity contribution in [2.45, 2.75) is 63.7 Å². The summed E-state index contributed by atoms with van der Waals surface area (Å²) in [5.74, 6) is -5.67. The highest BCUT2D eigenvalue weighted by Gasteiger charge is 2.32. The van der Waals surface area contributed by atoms with Gasteiger partial charge in [-0.3, -0.25) is 24.0 Å². The monoisotopic (exact) mass is 491 g/mol. The minimum atomic E-state index is -1.39. The van der Waals surface area contributed by atoms with Gasteiger partial charge in [0.15, 0.2) is 0 Å². The Bertz CT molecular complexity index is 733. The largest absolute Gasteiger partial charge is 0.481 e. The molecular formula is C19H33N5O8S. The summed E-state index contributed by atoms with van der Waals surface area (Å²) in [6.07, 6.45) is 0.872. The molecule has 0 aliphatic carbocycles. The van der Waals surface area contributed by atoms with E-state index in [1.54, 1.807) is 20.1 Å². The zero-order chi connectivity index (χ0) is 25.7. The molecule has 0 fully saturated rings. The van der Waals surface area contributed by atoms with Gasteiger partial charge in [-0.05, 0) is 30.8 Å². The first kappa shape index (κ1) is 30.1. The number of carboxylic acids is 2. The fraction of sp³-hybridized carbons (Fsp3) is 0.684. The van der Waals surface area contributed by atoms with Gasteiger partial charge in [-0.15, -0.1) is 0 Å². The molecule has 0 aliphatic heterocycles. The molecule has 0 aromatic heterocycles. The molecule has 0 rings (SSSR count). The maximum Gasteiger partial charge on any atom is 0.326 e. The lowest BCUT2D eigenvalue weighted by molar-refractivity contribution is -0.143. The number of hydrogen-bond acceptors (Lipinski definition) is 8. The number of carbonyl (C=O) groups is 6. The van der Waals surface area contributed by atoms with E-state index in [-0.39, 0.29) is 19.3 Å².